The summed E-state index contributed by atoms with van der Waals surface area (Å²) in [6.45, 7) is 4.28. The van der Waals surface area contributed by atoms with E-state index in [2.05, 4.69) is 32.1 Å². The van der Waals surface area contributed by atoms with Gasteiger partial charge in [-0.15, -0.1) is 0 Å². The molecule has 0 saturated heterocycles. The summed E-state index contributed by atoms with van der Waals surface area (Å²) >= 11 is 0. The van der Waals surface area contributed by atoms with Crippen LogP contribution in [-0.2, 0) is 6.42 Å². The molecular weight excluding hydrogens is 158 g/mol. The molecule has 1 aromatic rings. The molecule has 0 saturated carbocycles. The third-order valence-electron chi connectivity index (χ3n) is 2.13. The first-order chi connectivity index (χ1) is 6.29. The van der Waals surface area contributed by atoms with E-state index in [0.717, 1.165) is 18.5 Å². The molecule has 1 nitrogen and oxygen atoms in total. The lowest BCUT2D eigenvalue weighted by atomic mass is 10.0. The topological polar surface area (TPSA) is 26.0 Å². The molecule has 1 rings (SSSR count). The van der Waals surface area contributed by atoms with Crippen LogP contribution in [0.2, 0.25) is 0 Å². The monoisotopic (exact) mass is 175 g/mol. The smallest absolute Gasteiger partial charge is 0.0390 e. The van der Waals surface area contributed by atoms with Crippen LogP contribution in [0.1, 0.15) is 31.4 Å². The highest BCUT2D eigenvalue weighted by atomic mass is 14.6. The molecule has 0 aliphatic carbocycles. The Hall–Kier alpha value is -1.24. The second-order valence-electron chi connectivity index (χ2n) is 3.08. The van der Waals surface area contributed by atoms with Gasteiger partial charge in [-0.25, -0.2) is 0 Å². The molecule has 0 amide bonds. The van der Waals surface area contributed by atoms with Gasteiger partial charge in [-0.3, -0.25) is 0 Å². The first kappa shape index (κ1) is 9.85. The molecule has 0 radical (unpaired) electrons. The predicted molar refractivity (Wildman–Crippen MR) is 59.6 cm³/mol. The Morgan fingerprint density at radius 2 is 2.08 bits per heavy atom. The number of nitrogen functional groups attached to an aromatic ring is 1. The van der Waals surface area contributed by atoms with Crippen molar-refractivity contribution in [2.75, 3.05) is 5.73 Å². The van der Waals surface area contributed by atoms with Crippen LogP contribution >= 0.6 is 0 Å². The van der Waals surface area contributed by atoms with Gasteiger partial charge in [0.15, 0.2) is 0 Å². The quantitative estimate of drug-likeness (QED) is 0.701. The standard InChI is InChI=1S/C12H17N/c1-3-5-8-11-10(4-2)7-6-9-12(11)13/h5-9H,3-4,13H2,1-2H3/b8-5-. The number of aryl methyl sites for hydroxylation is 1. The van der Waals surface area contributed by atoms with Gasteiger partial charge in [0.1, 0.15) is 0 Å². The number of hydrogen-bond donors (Lipinski definition) is 1. The Morgan fingerprint density at radius 1 is 1.31 bits per heavy atom. The molecule has 0 fully saturated rings. The van der Waals surface area contributed by atoms with Crippen LogP contribution in [0, 0.1) is 0 Å². The molecule has 0 unspecified atom stereocenters. The molecule has 0 aliphatic heterocycles. The Labute approximate surface area is 80.3 Å². The summed E-state index contributed by atoms with van der Waals surface area (Å²) in [4.78, 5) is 0. The first-order valence-corrected chi connectivity index (χ1v) is 4.83. The van der Waals surface area contributed by atoms with Crippen molar-refractivity contribution in [1.82, 2.24) is 0 Å². The zero-order chi connectivity index (χ0) is 9.68. The van der Waals surface area contributed by atoms with Crippen LogP contribution in [0.3, 0.4) is 0 Å². The van der Waals surface area contributed by atoms with Crippen molar-refractivity contribution in [3.63, 3.8) is 0 Å². The van der Waals surface area contributed by atoms with Crippen molar-refractivity contribution in [1.29, 1.82) is 0 Å². The van der Waals surface area contributed by atoms with Crippen molar-refractivity contribution in [2.45, 2.75) is 26.7 Å². The van der Waals surface area contributed by atoms with Crippen LogP contribution in [-0.4, -0.2) is 0 Å². The fraction of sp³-hybridized carbons (Fsp3) is 0.333. The maximum absolute atomic E-state index is 5.89. The average molecular weight is 175 g/mol. The van der Waals surface area contributed by atoms with Gasteiger partial charge < -0.3 is 5.73 Å². The number of anilines is 1. The highest BCUT2D eigenvalue weighted by Crippen LogP contribution is 2.19. The van der Waals surface area contributed by atoms with Crippen molar-refractivity contribution >= 4 is 11.8 Å². The first-order valence-electron chi connectivity index (χ1n) is 4.83. The summed E-state index contributed by atoms with van der Waals surface area (Å²) in [5, 5.41) is 0. The van der Waals surface area contributed by atoms with Crippen LogP contribution in [0.15, 0.2) is 24.3 Å². The lowest BCUT2D eigenvalue weighted by Crippen LogP contribution is -1.93. The minimum Gasteiger partial charge on any atom is -0.398 e. The number of allylic oxidation sites excluding steroid dienone is 1. The Balaban J connectivity index is 3.07. The zero-order valence-corrected chi connectivity index (χ0v) is 8.38. The number of benzene rings is 1. The Kier molecular flexibility index (Phi) is 3.56. The van der Waals surface area contributed by atoms with E-state index < -0.39 is 0 Å². The average Bonchev–Trinajstić information content (AvgIpc) is 2.15. The summed E-state index contributed by atoms with van der Waals surface area (Å²) in [6.07, 6.45) is 6.35. The summed E-state index contributed by atoms with van der Waals surface area (Å²) < 4.78 is 0. The predicted octanol–water partition coefficient (Wildman–Crippen LogP) is 3.25. The summed E-state index contributed by atoms with van der Waals surface area (Å²) in [5.41, 5.74) is 9.28. The summed E-state index contributed by atoms with van der Waals surface area (Å²) in [5.74, 6) is 0. The van der Waals surface area contributed by atoms with E-state index in [4.69, 9.17) is 5.73 Å². The summed E-state index contributed by atoms with van der Waals surface area (Å²) in [7, 11) is 0. The number of hydrogen-bond acceptors (Lipinski definition) is 1. The maximum atomic E-state index is 5.89. The van der Waals surface area contributed by atoms with Gasteiger partial charge in [0.2, 0.25) is 0 Å². The molecule has 0 atom stereocenters. The van der Waals surface area contributed by atoms with Gasteiger partial charge in [-0.2, -0.15) is 0 Å². The van der Waals surface area contributed by atoms with Crippen LogP contribution < -0.4 is 5.73 Å². The lowest BCUT2D eigenvalue weighted by Gasteiger charge is -2.06. The van der Waals surface area contributed by atoms with E-state index in [-0.39, 0.29) is 0 Å². The lowest BCUT2D eigenvalue weighted by molar-refractivity contribution is 1.13. The number of nitrogens with two attached hydrogens (primary N) is 1. The molecule has 0 aliphatic rings. The zero-order valence-electron chi connectivity index (χ0n) is 8.38. The van der Waals surface area contributed by atoms with E-state index in [0.29, 0.717) is 0 Å². The molecule has 1 aromatic carbocycles. The van der Waals surface area contributed by atoms with Crippen molar-refractivity contribution in [3.05, 3.63) is 35.4 Å². The summed E-state index contributed by atoms with van der Waals surface area (Å²) in [6, 6.07) is 6.09. The van der Waals surface area contributed by atoms with Crippen molar-refractivity contribution < 1.29 is 0 Å². The van der Waals surface area contributed by atoms with Crippen molar-refractivity contribution in [2.24, 2.45) is 0 Å². The normalized spacial score (nSPS) is 10.9. The van der Waals surface area contributed by atoms with Crippen LogP contribution in [0.25, 0.3) is 6.08 Å². The molecule has 0 heterocycles. The molecule has 0 spiro atoms. The van der Waals surface area contributed by atoms with Crippen LogP contribution in [0.4, 0.5) is 5.69 Å². The van der Waals surface area contributed by atoms with Crippen molar-refractivity contribution in [3.8, 4) is 0 Å². The van der Waals surface area contributed by atoms with Crippen LogP contribution in [0.5, 0.6) is 0 Å². The molecule has 0 bridgehead atoms. The fourth-order valence-electron chi connectivity index (χ4n) is 1.38. The maximum Gasteiger partial charge on any atom is 0.0390 e. The van der Waals surface area contributed by atoms with E-state index in [1.165, 1.54) is 11.1 Å². The van der Waals surface area contributed by atoms with E-state index in [1.54, 1.807) is 0 Å². The second-order valence-corrected chi connectivity index (χ2v) is 3.08. The largest absolute Gasteiger partial charge is 0.398 e. The van der Waals surface area contributed by atoms with E-state index in [9.17, 15) is 0 Å². The third-order valence-corrected chi connectivity index (χ3v) is 2.13. The molecule has 0 aromatic heterocycles. The molecular formula is C12H17N. The minimum absolute atomic E-state index is 0.879. The SMILES string of the molecule is CC/C=C\c1c(N)cccc1CC. The van der Waals surface area contributed by atoms with E-state index >= 15 is 0 Å². The fourth-order valence-corrected chi connectivity index (χ4v) is 1.38. The highest BCUT2D eigenvalue weighted by molar-refractivity contribution is 5.67. The highest BCUT2D eigenvalue weighted by Gasteiger charge is 1.99. The second kappa shape index (κ2) is 4.70. The third kappa shape index (κ3) is 2.35. The van der Waals surface area contributed by atoms with Gasteiger partial charge in [-0.05, 0) is 24.5 Å². The van der Waals surface area contributed by atoms with Gasteiger partial charge >= 0.3 is 0 Å². The molecule has 13 heavy (non-hydrogen) atoms. The van der Waals surface area contributed by atoms with Gasteiger partial charge in [0, 0.05) is 11.3 Å². The number of rotatable bonds is 3. The molecule has 2 N–H and O–H groups in total. The van der Waals surface area contributed by atoms with E-state index in [1.807, 2.05) is 12.1 Å². The Morgan fingerprint density at radius 3 is 2.69 bits per heavy atom. The molecule has 1 heteroatoms. The van der Waals surface area contributed by atoms with Gasteiger partial charge in [0.05, 0.1) is 0 Å². The molecule has 70 valence electrons. The van der Waals surface area contributed by atoms with Gasteiger partial charge in [0.25, 0.3) is 0 Å². The Bertz CT molecular complexity index is 300. The van der Waals surface area contributed by atoms with Gasteiger partial charge in [-0.1, -0.05) is 38.1 Å². The minimum atomic E-state index is 0.879.